The van der Waals surface area contributed by atoms with Gasteiger partial charge < -0.3 is 15.0 Å². The van der Waals surface area contributed by atoms with Crippen LogP contribution in [0.2, 0.25) is 0 Å². The second kappa shape index (κ2) is 11.5. The van der Waals surface area contributed by atoms with Crippen molar-refractivity contribution < 1.29 is 14.7 Å². The average Bonchev–Trinajstić information content (AvgIpc) is 3.21. The summed E-state index contributed by atoms with van der Waals surface area (Å²) in [4.78, 5) is 25.3. The van der Waals surface area contributed by atoms with Gasteiger partial charge in [-0.15, -0.1) is 0 Å². The molecule has 0 radical (unpaired) electrons. The van der Waals surface area contributed by atoms with Crippen LogP contribution in [0.4, 0.5) is 0 Å². The number of amides is 1. The molecule has 1 amide bonds. The van der Waals surface area contributed by atoms with Gasteiger partial charge in [0.25, 0.3) is 5.91 Å². The fourth-order valence-corrected chi connectivity index (χ4v) is 5.16. The predicted molar refractivity (Wildman–Crippen MR) is 149 cm³/mol. The topological polar surface area (TPSA) is 71.3 Å². The van der Waals surface area contributed by atoms with Gasteiger partial charge in [-0.3, -0.25) is 9.59 Å². The van der Waals surface area contributed by atoms with Crippen LogP contribution >= 0.6 is 0 Å². The lowest BCUT2D eigenvalue weighted by Crippen LogP contribution is -2.29. The van der Waals surface area contributed by atoms with Gasteiger partial charge in [-0.1, -0.05) is 85.6 Å². The molecule has 1 heterocycles. The van der Waals surface area contributed by atoms with Crippen LogP contribution < -0.4 is 5.32 Å². The van der Waals surface area contributed by atoms with Gasteiger partial charge >= 0.3 is 5.97 Å². The molecule has 3 aromatic carbocycles. The smallest absolute Gasteiger partial charge is 0.303 e. The highest BCUT2D eigenvalue weighted by atomic mass is 16.4. The van der Waals surface area contributed by atoms with Crippen LogP contribution in [-0.2, 0) is 17.8 Å². The van der Waals surface area contributed by atoms with Gasteiger partial charge in [-0.05, 0) is 55.4 Å². The summed E-state index contributed by atoms with van der Waals surface area (Å²) >= 11 is 0. The number of aromatic nitrogens is 1. The maximum Gasteiger partial charge on any atom is 0.303 e. The fourth-order valence-electron chi connectivity index (χ4n) is 5.16. The zero-order valence-electron chi connectivity index (χ0n) is 22.1. The summed E-state index contributed by atoms with van der Waals surface area (Å²) in [7, 11) is 0. The number of hydrogen-bond acceptors (Lipinski definition) is 2. The Morgan fingerprint density at radius 2 is 1.65 bits per heavy atom. The Morgan fingerprint density at radius 1 is 0.946 bits per heavy atom. The predicted octanol–water partition coefficient (Wildman–Crippen LogP) is 6.84. The molecule has 1 atom stereocenters. The molecule has 0 aliphatic rings. The Labute approximate surface area is 219 Å². The standard InChI is InChI=1S/C32H36N2O3/c1-21(2)15-28(26-17-22(3)16-23(4)18-26)33-32(37)27-20-34(19-24-9-6-5-7-10-24)29-12-8-11-25(31(27)29)13-14-30(35)36/h5-12,16-18,20-21,28H,13-15,19H2,1-4H3,(H,33,37)(H,35,36). The van der Waals surface area contributed by atoms with Crippen LogP contribution in [0.25, 0.3) is 10.9 Å². The van der Waals surface area contributed by atoms with Crippen molar-refractivity contribution in [2.24, 2.45) is 5.92 Å². The molecule has 5 nitrogen and oxygen atoms in total. The summed E-state index contributed by atoms with van der Waals surface area (Å²) in [6.07, 6.45) is 3.13. The Bertz CT molecular complexity index is 1380. The van der Waals surface area contributed by atoms with Crippen molar-refractivity contribution in [2.45, 2.75) is 59.5 Å². The first-order valence-corrected chi connectivity index (χ1v) is 13.0. The zero-order chi connectivity index (χ0) is 26.5. The minimum Gasteiger partial charge on any atom is -0.481 e. The number of nitrogens with zero attached hydrogens (tertiary/aromatic N) is 1. The highest BCUT2D eigenvalue weighted by Crippen LogP contribution is 2.29. The van der Waals surface area contributed by atoms with E-state index in [1.165, 1.54) is 11.1 Å². The minimum absolute atomic E-state index is 0.0164. The summed E-state index contributed by atoms with van der Waals surface area (Å²) in [5, 5.41) is 13.5. The lowest BCUT2D eigenvalue weighted by molar-refractivity contribution is -0.136. The number of hydrogen-bond donors (Lipinski definition) is 2. The second-order valence-corrected chi connectivity index (χ2v) is 10.4. The summed E-state index contributed by atoms with van der Waals surface area (Å²) < 4.78 is 2.10. The molecular formula is C32H36N2O3. The number of carboxylic acid groups (broad SMARTS) is 1. The second-order valence-electron chi connectivity index (χ2n) is 10.4. The Balaban J connectivity index is 1.76. The van der Waals surface area contributed by atoms with E-state index in [0.29, 0.717) is 24.4 Å². The molecule has 0 fully saturated rings. The molecule has 1 unspecified atom stereocenters. The van der Waals surface area contributed by atoms with E-state index < -0.39 is 5.97 Å². The van der Waals surface area contributed by atoms with Crippen molar-refractivity contribution in [1.82, 2.24) is 9.88 Å². The molecule has 0 saturated carbocycles. The van der Waals surface area contributed by atoms with E-state index in [1.807, 2.05) is 42.6 Å². The van der Waals surface area contributed by atoms with Gasteiger partial charge in [0, 0.05) is 30.1 Å². The van der Waals surface area contributed by atoms with Crippen molar-refractivity contribution in [1.29, 1.82) is 0 Å². The van der Waals surface area contributed by atoms with E-state index in [2.05, 4.69) is 67.9 Å². The van der Waals surface area contributed by atoms with Crippen LogP contribution in [0.15, 0.2) is 72.9 Å². The first kappa shape index (κ1) is 26.2. The van der Waals surface area contributed by atoms with Gasteiger partial charge in [0.05, 0.1) is 11.6 Å². The largest absolute Gasteiger partial charge is 0.481 e. The molecule has 0 aliphatic heterocycles. The van der Waals surface area contributed by atoms with E-state index in [-0.39, 0.29) is 18.4 Å². The van der Waals surface area contributed by atoms with Crippen LogP contribution in [0.3, 0.4) is 0 Å². The minimum atomic E-state index is -0.849. The highest BCUT2D eigenvalue weighted by Gasteiger charge is 2.23. The molecule has 0 bridgehead atoms. The van der Waals surface area contributed by atoms with Crippen molar-refractivity contribution in [3.63, 3.8) is 0 Å². The number of fused-ring (bicyclic) bond motifs is 1. The number of carbonyl (C=O) groups is 2. The highest BCUT2D eigenvalue weighted by molar-refractivity contribution is 6.08. The van der Waals surface area contributed by atoms with Crippen molar-refractivity contribution in [3.8, 4) is 0 Å². The molecule has 4 rings (SSSR count). The number of carbonyl (C=O) groups excluding carboxylic acids is 1. The molecule has 192 valence electrons. The maximum atomic E-state index is 13.9. The third-order valence-corrected chi connectivity index (χ3v) is 6.70. The summed E-state index contributed by atoms with van der Waals surface area (Å²) in [6.45, 7) is 9.11. The average molecular weight is 497 g/mol. The van der Waals surface area contributed by atoms with Crippen molar-refractivity contribution in [2.75, 3.05) is 0 Å². The number of aliphatic carboxylic acids is 1. The lowest BCUT2D eigenvalue weighted by atomic mass is 9.94. The summed E-state index contributed by atoms with van der Waals surface area (Å²) in [6, 6.07) is 22.3. The monoisotopic (exact) mass is 496 g/mol. The Morgan fingerprint density at radius 3 is 2.30 bits per heavy atom. The molecule has 2 N–H and O–H groups in total. The van der Waals surface area contributed by atoms with Gasteiger partial charge in [-0.25, -0.2) is 0 Å². The number of carboxylic acids is 1. The first-order valence-electron chi connectivity index (χ1n) is 13.0. The van der Waals surface area contributed by atoms with Gasteiger partial charge in [-0.2, -0.15) is 0 Å². The normalized spacial score (nSPS) is 12.1. The van der Waals surface area contributed by atoms with Gasteiger partial charge in [0.2, 0.25) is 0 Å². The molecule has 0 saturated heterocycles. The quantitative estimate of drug-likeness (QED) is 0.252. The van der Waals surface area contributed by atoms with E-state index in [4.69, 9.17) is 0 Å². The number of aryl methyl sites for hydroxylation is 3. The van der Waals surface area contributed by atoms with Gasteiger partial charge in [0.1, 0.15) is 0 Å². The van der Waals surface area contributed by atoms with Crippen LogP contribution in [0.1, 0.15) is 70.9 Å². The third-order valence-electron chi connectivity index (χ3n) is 6.70. The van der Waals surface area contributed by atoms with Crippen molar-refractivity contribution in [3.05, 3.63) is 106 Å². The molecular weight excluding hydrogens is 460 g/mol. The van der Waals surface area contributed by atoms with Crippen LogP contribution in [0, 0.1) is 19.8 Å². The van der Waals surface area contributed by atoms with Crippen LogP contribution in [0.5, 0.6) is 0 Å². The van der Waals surface area contributed by atoms with E-state index in [9.17, 15) is 14.7 Å². The maximum absolute atomic E-state index is 13.9. The molecule has 4 aromatic rings. The molecule has 1 aromatic heterocycles. The van der Waals surface area contributed by atoms with E-state index in [0.717, 1.165) is 34.0 Å². The fraction of sp³-hybridized carbons (Fsp3) is 0.312. The first-order chi connectivity index (χ1) is 17.7. The van der Waals surface area contributed by atoms with E-state index >= 15 is 0 Å². The SMILES string of the molecule is Cc1cc(C)cc(C(CC(C)C)NC(=O)c2cn(Cc3ccccc3)c3cccc(CCC(=O)O)c23)c1. The summed E-state index contributed by atoms with van der Waals surface area (Å²) in [5.74, 6) is -0.584. The lowest BCUT2D eigenvalue weighted by Gasteiger charge is -2.22. The molecule has 0 spiro atoms. The number of benzene rings is 3. The van der Waals surface area contributed by atoms with Crippen LogP contribution in [-0.4, -0.2) is 21.6 Å². The number of nitrogens with one attached hydrogen (secondary N) is 1. The molecule has 37 heavy (non-hydrogen) atoms. The third kappa shape index (κ3) is 6.48. The molecule has 5 heteroatoms. The van der Waals surface area contributed by atoms with Crippen molar-refractivity contribution >= 4 is 22.8 Å². The van der Waals surface area contributed by atoms with E-state index in [1.54, 1.807) is 0 Å². The Kier molecular flexibility index (Phi) is 8.12. The summed E-state index contributed by atoms with van der Waals surface area (Å²) in [5.41, 5.74) is 6.99. The Hall–Kier alpha value is -3.86. The zero-order valence-corrected chi connectivity index (χ0v) is 22.1. The number of rotatable bonds is 10. The molecule has 0 aliphatic carbocycles. The van der Waals surface area contributed by atoms with Gasteiger partial charge in [0.15, 0.2) is 0 Å².